The van der Waals surface area contributed by atoms with Crippen LogP contribution in [0, 0.1) is 0 Å². The van der Waals surface area contributed by atoms with Crippen molar-refractivity contribution in [1.29, 1.82) is 0 Å². The third-order valence-corrected chi connectivity index (χ3v) is 2.82. The Morgan fingerprint density at radius 3 is 2.94 bits per heavy atom. The number of nitrogens with two attached hydrogens (primary N) is 1. The number of halogens is 2. The lowest BCUT2D eigenvalue weighted by atomic mass is 10.3. The summed E-state index contributed by atoms with van der Waals surface area (Å²) < 4.78 is 0.758. The zero-order valence-corrected chi connectivity index (χ0v) is 10.5. The fourth-order valence-corrected chi connectivity index (χ4v) is 1.66. The summed E-state index contributed by atoms with van der Waals surface area (Å²) in [6.07, 6.45) is 3.10. The third kappa shape index (κ3) is 2.43. The summed E-state index contributed by atoms with van der Waals surface area (Å²) in [6.45, 7) is 0. The minimum Gasteiger partial charge on any atom is -0.399 e. The lowest BCUT2D eigenvalue weighted by molar-refractivity contribution is 1.15. The van der Waals surface area contributed by atoms with E-state index in [1.807, 2.05) is 0 Å². The van der Waals surface area contributed by atoms with E-state index in [4.69, 9.17) is 17.3 Å². The summed E-state index contributed by atoms with van der Waals surface area (Å²) in [5.74, 6) is 0.641. The van der Waals surface area contributed by atoms with Crippen molar-refractivity contribution >= 4 is 44.7 Å². The molecule has 2 rings (SSSR count). The van der Waals surface area contributed by atoms with E-state index >= 15 is 0 Å². The summed E-state index contributed by atoms with van der Waals surface area (Å²) in [5.41, 5.74) is 7.02. The standard InChI is InChI=1S/C10H8BrClN4/c11-7-4-14-5-15-10(7)16-9-3-6(13)1-2-8(9)12/h1-5H,13H2,(H,14,15,16). The first-order valence-corrected chi connectivity index (χ1v) is 5.61. The molecule has 0 bridgehead atoms. The van der Waals surface area contributed by atoms with Crippen LogP contribution < -0.4 is 11.1 Å². The van der Waals surface area contributed by atoms with Gasteiger partial charge in [0, 0.05) is 11.9 Å². The van der Waals surface area contributed by atoms with E-state index in [9.17, 15) is 0 Å². The van der Waals surface area contributed by atoms with Crippen molar-refractivity contribution in [2.24, 2.45) is 0 Å². The smallest absolute Gasteiger partial charge is 0.148 e. The molecule has 3 N–H and O–H groups in total. The monoisotopic (exact) mass is 298 g/mol. The molecule has 16 heavy (non-hydrogen) atoms. The maximum Gasteiger partial charge on any atom is 0.148 e. The number of nitrogen functional groups attached to an aromatic ring is 1. The van der Waals surface area contributed by atoms with Crippen LogP contribution in [-0.2, 0) is 0 Å². The summed E-state index contributed by atoms with van der Waals surface area (Å²) >= 11 is 9.36. The maximum atomic E-state index is 6.02. The number of aromatic nitrogens is 2. The number of hydrogen-bond acceptors (Lipinski definition) is 4. The zero-order valence-electron chi connectivity index (χ0n) is 8.11. The Morgan fingerprint density at radius 1 is 1.38 bits per heavy atom. The molecule has 0 saturated carbocycles. The van der Waals surface area contributed by atoms with E-state index in [1.54, 1.807) is 24.4 Å². The largest absolute Gasteiger partial charge is 0.399 e. The second-order valence-corrected chi connectivity index (χ2v) is 4.35. The summed E-state index contributed by atoms with van der Waals surface area (Å²) in [4.78, 5) is 7.95. The lowest BCUT2D eigenvalue weighted by Gasteiger charge is -2.09. The molecule has 0 radical (unpaired) electrons. The van der Waals surface area contributed by atoms with Crippen molar-refractivity contribution in [3.05, 3.63) is 40.2 Å². The van der Waals surface area contributed by atoms with Crippen molar-refractivity contribution in [2.75, 3.05) is 11.1 Å². The van der Waals surface area contributed by atoms with Crippen molar-refractivity contribution in [1.82, 2.24) is 9.97 Å². The second-order valence-electron chi connectivity index (χ2n) is 3.08. The van der Waals surface area contributed by atoms with Crippen molar-refractivity contribution in [3.63, 3.8) is 0 Å². The molecule has 1 heterocycles. The Bertz CT molecular complexity index is 518. The van der Waals surface area contributed by atoms with Gasteiger partial charge < -0.3 is 11.1 Å². The highest BCUT2D eigenvalue weighted by molar-refractivity contribution is 9.10. The molecule has 6 heteroatoms. The Hall–Kier alpha value is -1.33. The van der Waals surface area contributed by atoms with Crippen molar-refractivity contribution in [3.8, 4) is 0 Å². The first-order chi connectivity index (χ1) is 7.66. The molecule has 82 valence electrons. The van der Waals surface area contributed by atoms with Crippen LogP contribution in [0.5, 0.6) is 0 Å². The Balaban J connectivity index is 2.34. The first-order valence-electron chi connectivity index (χ1n) is 4.44. The van der Waals surface area contributed by atoms with Gasteiger partial charge in [-0.25, -0.2) is 9.97 Å². The van der Waals surface area contributed by atoms with Gasteiger partial charge >= 0.3 is 0 Å². The van der Waals surface area contributed by atoms with E-state index in [0.29, 0.717) is 22.2 Å². The van der Waals surface area contributed by atoms with E-state index in [1.165, 1.54) is 6.33 Å². The third-order valence-electron chi connectivity index (χ3n) is 1.91. The molecule has 0 spiro atoms. The van der Waals surface area contributed by atoms with E-state index in [0.717, 1.165) is 4.47 Å². The van der Waals surface area contributed by atoms with Gasteiger partial charge in [0.2, 0.25) is 0 Å². The first kappa shape index (κ1) is 11.2. The highest BCUT2D eigenvalue weighted by Crippen LogP contribution is 2.29. The topological polar surface area (TPSA) is 63.8 Å². The van der Waals surface area contributed by atoms with Gasteiger partial charge in [0.05, 0.1) is 15.2 Å². The number of nitrogens with zero attached hydrogens (tertiary/aromatic N) is 2. The molecule has 0 unspecified atom stereocenters. The van der Waals surface area contributed by atoms with Crippen LogP contribution in [0.1, 0.15) is 0 Å². The molecule has 0 amide bonds. The van der Waals surface area contributed by atoms with Gasteiger partial charge in [0.25, 0.3) is 0 Å². The van der Waals surface area contributed by atoms with E-state index in [-0.39, 0.29) is 0 Å². The predicted octanol–water partition coefficient (Wildman–Crippen LogP) is 3.22. The molecular weight excluding hydrogens is 291 g/mol. The van der Waals surface area contributed by atoms with Crippen LogP contribution in [0.3, 0.4) is 0 Å². The van der Waals surface area contributed by atoms with Crippen LogP contribution in [-0.4, -0.2) is 9.97 Å². The summed E-state index contributed by atoms with van der Waals surface area (Å²) in [6, 6.07) is 5.22. The highest BCUT2D eigenvalue weighted by Gasteiger charge is 2.05. The molecular formula is C10H8BrClN4. The Kier molecular flexibility index (Phi) is 3.26. The van der Waals surface area contributed by atoms with Crippen LogP contribution in [0.4, 0.5) is 17.2 Å². The molecule has 2 aromatic rings. The summed E-state index contributed by atoms with van der Waals surface area (Å²) in [7, 11) is 0. The van der Waals surface area contributed by atoms with Gasteiger partial charge in [0.1, 0.15) is 12.1 Å². The minimum absolute atomic E-state index is 0.583. The fourth-order valence-electron chi connectivity index (χ4n) is 1.17. The molecule has 0 aliphatic rings. The molecule has 0 atom stereocenters. The van der Waals surface area contributed by atoms with Gasteiger partial charge in [-0.1, -0.05) is 11.6 Å². The number of nitrogens with one attached hydrogen (secondary N) is 1. The molecule has 4 nitrogen and oxygen atoms in total. The molecule has 0 saturated heterocycles. The zero-order chi connectivity index (χ0) is 11.5. The average Bonchev–Trinajstić information content (AvgIpc) is 2.27. The van der Waals surface area contributed by atoms with E-state index < -0.39 is 0 Å². The Labute approximate surface area is 106 Å². The number of benzene rings is 1. The predicted molar refractivity (Wildman–Crippen MR) is 68.9 cm³/mol. The SMILES string of the molecule is Nc1ccc(Cl)c(Nc2ncncc2Br)c1. The Morgan fingerprint density at radius 2 is 2.19 bits per heavy atom. The van der Waals surface area contributed by atoms with Crippen LogP contribution >= 0.6 is 27.5 Å². The van der Waals surface area contributed by atoms with Crippen LogP contribution in [0.2, 0.25) is 5.02 Å². The fraction of sp³-hybridized carbons (Fsp3) is 0. The second kappa shape index (κ2) is 4.67. The minimum atomic E-state index is 0.583. The average molecular weight is 300 g/mol. The van der Waals surface area contributed by atoms with E-state index in [2.05, 4.69) is 31.2 Å². The number of rotatable bonds is 2. The molecule has 0 aliphatic carbocycles. The highest BCUT2D eigenvalue weighted by atomic mass is 79.9. The van der Waals surface area contributed by atoms with Gasteiger partial charge in [0.15, 0.2) is 0 Å². The van der Waals surface area contributed by atoms with Crippen molar-refractivity contribution < 1.29 is 0 Å². The number of anilines is 3. The molecule has 1 aromatic heterocycles. The normalized spacial score (nSPS) is 10.1. The maximum absolute atomic E-state index is 6.02. The van der Waals surface area contributed by atoms with Gasteiger partial charge in [-0.05, 0) is 34.1 Å². The van der Waals surface area contributed by atoms with Crippen molar-refractivity contribution in [2.45, 2.75) is 0 Å². The molecule has 0 fully saturated rings. The molecule has 0 aliphatic heterocycles. The molecule has 1 aromatic carbocycles. The van der Waals surface area contributed by atoms with Gasteiger partial charge in [-0.15, -0.1) is 0 Å². The van der Waals surface area contributed by atoms with Crippen LogP contribution in [0.25, 0.3) is 0 Å². The van der Waals surface area contributed by atoms with Gasteiger partial charge in [-0.2, -0.15) is 0 Å². The van der Waals surface area contributed by atoms with Crippen LogP contribution in [0.15, 0.2) is 35.2 Å². The lowest BCUT2D eigenvalue weighted by Crippen LogP contribution is -1.97. The quantitative estimate of drug-likeness (QED) is 0.836. The number of hydrogen-bond donors (Lipinski definition) is 2. The summed E-state index contributed by atoms with van der Waals surface area (Å²) in [5, 5.41) is 3.65. The van der Waals surface area contributed by atoms with Gasteiger partial charge in [-0.3, -0.25) is 0 Å².